The van der Waals surface area contributed by atoms with E-state index in [1.165, 1.54) is 30.2 Å². The summed E-state index contributed by atoms with van der Waals surface area (Å²) in [6.07, 6.45) is 1.04. The van der Waals surface area contributed by atoms with E-state index in [0.717, 1.165) is 17.8 Å². The van der Waals surface area contributed by atoms with Gasteiger partial charge in [-0.15, -0.1) is 0 Å². The Labute approximate surface area is 180 Å². The van der Waals surface area contributed by atoms with Crippen LogP contribution >= 0.6 is 35.0 Å². The summed E-state index contributed by atoms with van der Waals surface area (Å²) in [6.45, 7) is 0. The van der Waals surface area contributed by atoms with Crippen LogP contribution < -0.4 is 10.6 Å². The predicted molar refractivity (Wildman–Crippen MR) is 114 cm³/mol. The number of nitrogens with zero attached hydrogens (tertiary/aromatic N) is 2. The van der Waals surface area contributed by atoms with Crippen molar-refractivity contribution < 1.29 is 19.1 Å². The van der Waals surface area contributed by atoms with Gasteiger partial charge in [0.05, 0.1) is 28.3 Å². The maximum Gasteiger partial charge on any atom is 0.331 e. The number of rotatable bonds is 3. The van der Waals surface area contributed by atoms with Gasteiger partial charge < -0.3 is 10.5 Å². The molecule has 1 aliphatic heterocycles. The van der Waals surface area contributed by atoms with E-state index in [1.54, 1.807) is 24.3 Å². The van der Waals surface area contributed by atoms with Crippen molar-refractivity contribution >= 4 is 69.3 Å². The quantitative estimate of drug-likeness (QED) is 0.432. The summed E-state index contributed by atoms with van der Waals surface area (Å²) >= 11 is 12.8. The first kappa shape index (κ1) is 20.9. The van der Waals surface area contributed by atoms with E-state index in [4.69, 9.17) is 28.9 Å². The molecule has 1 fully saturated rings. The number of methoxy groups -OCH3 is 1. The minimum Gasteiger partial charge on any atom is -0.466 e. The van der Waals surface area contributed by atoms with Crippen LogP contribution in [0.5, 0.6) is 0 Å². The first-order chi connectivity index (χ1) is 13.8. The Balaban J connectivity index is 2.05. The van der Waals surface area contributed by atoms with Gasteiger partial charge in [-0.25, -0.2) is 4.79 Å². The monoisotopic (exact) mass is 449 g/mol. The lowest BCUT2D eigenvalue weighted by atomic mass is 10.2. The number of nitrogens with two attached hydrogens (primary N) is 1. The van der Waals surface area contributed by atoms with Gasteiger partial charge in [-0.2, -0.15) is 4.99 Å². The molecular weight excluding hydrogens is 437 g/mol. The van der Waals surface area contributed by atoms with E-state index in [1.807, 2.05) is 0 Å². The third-order valence-corrected chi connectivity index (χ3v) is 5.28. The molecule has 1 aliphatic rings. The maximum absolute atomic E-state index is 12.8. The third-order valence-electron chi connectivity index (χ3n) is 3.77. The van der Waals surface area contributed by atoms with Gasteiger partial charge in [0.1, 0.15) is 0 Å². The molecule has 0 saturated carbocycles. The van der Waals surface area contributed by atoms with E-state index in [-0.39, 0.29) is 20.7 Å². The number of amidine groups is 1. The molecule has 0 radical (unpaired) electrons. The van der Waals surface area contributed by atoms with E-state index in [0.29, 0.717) is 16.4 Å². The molecule has 1 saturated heterocycles. The predicted octanol–water partition coefficient (Wildman–Crippen LogP) is 3.91. The van der Waals surface area contributed by atoms with Crippen molar-refractivity contribution in [3.8, 4) is 0 Å². The molecule has 7 nitrogen and oxygen atoms in total. The van der Waals surface area contributed by atoms with E-state index in [9.17, 15) is 14.4 Å². The maximum atomic E-state index is 12.8. The molecule has 2 aromatic carbocycles. The van der Waals surface area contributed by atoms with Crippen molar-refractivity contribution in [1.82, 2.24) is 0 Å². The van der Waals surface area contributed by atoms with Gasteiger partial charge in [-0.05, 0) is 54.2 Å². The molecule has 10 heteroatoms. The van der Waals surface area contributed by atoms with E-state index in [2.05, 4.69) is 9.73 Å². The summed E-state index contributed by atoms with van der Waals surface area (Å²) in [5, 5.41) is 0.563. The third kappa shape index (κ3) is 4.61. The Morgan fingerprint density at radius 1 is 1.17 bits per heavy atom. The number of amides is 2. The van der Waals surface area contributed by atoms with Crippen LogP contribution in [0, 0.1) is 0 Å². The molecule has 0 atom stereocenters. The molecule has 1 heterocycles. The largest absolute Gasteiger partial charge is 0.466 e. The minimum absolute atomic E-state index is 0.0578. The smallest absolute Gasteiger partial charge is 0.331 e. The van der Waals surface area contributed by atoms with E-state index >= 15 is 0 Å². The molecular formula is C19H13Cl2N3O4S. The van der Waals surface area contributed by atoms with Gasteiger partial charge >= 0.3 is 5.97 Å². The lowest BCUT2D eigenvalue weighted by molar-refractivity contribution is -0.135. The fourth-order valence-corrected chi connectivity index (χ4v) is 3.80. The zero-order valence-corrected chi connectivity index (χ0v) is 17.2. The molecule has 148 valence electrons. The first-order valence-electron chi connectivity index (χ1n) is 8.05. The normalized spacial score (nSPS) is 16.5. The topological polar surface area (TPSA) is 102 Å². The molecule has 2 aromatic rings. The number of nitrogen functional groups attached to an aromatic ring is 1. The highest BCUT2D eigenvalue weighted by atomic mass is 35.5. The lowest BCUT2D eigenvalue weighted by Crippen LogP contribution is -2.29. The fraction of sp³-hybridized carbons (Fsp3) is 0.0526. The summed E-state index contributed by atoms with van der Waals surface area (Å²) < 4.78 is 4.58. The van der Waals surface area contributed by atoms with Crippen LogP contribution in [-0.2, 0) is 14.3 Å². The van der Waals surface area contributed by atoms with Crippen LogP contribution in [0.15, 0.2) is 58.4 Å². The molecule has 0 aromatic heterocycles. The molecule has 2 N–H and O–H groups in total. The number of carbonyl (C=O) groups excluding carboxylic acids is 3. The van der Waals surface area contributed by atoms with Crippen molar-refractivity contribution in [2.75, 3.05) is 17.7 Å². The standard InChI is InChI=1S/C19H13Cl2N3O4S/c1-28-16(25)9-15-18(27)24(12-5-3-11(22)4-6-12)19(29-15)23-17(26)13-7-2-10(20)8-14(13)21/h2-9H,22H2,1H3. The molecule has 0 unspecified atom stereocenters. The Morgan fingerprint density at radius 2 is 1.86 bits per heavy atom. The number of benzene rings is 2. The number of hydrogen-bond acceptors (Lipinski definition) is 6. The lowest BCUT2D eigenvalue weighted by Gasteiger charge is -2.15. The highest BCUT2D eigenvalue weighted by Gasteiger charge is 2.36. The first-order valence-corrected chi connectivity index (χ1v) is 9.63. The van der Waals surface area contributed by atoms with Crippen molar-refractivity contribution in [3.63, 3.8) is 0 Å². The summed E-state index contributed by atoms with van der Waals surface area (Å²) in [4.78, 5) is 42.4. The Bertz CT molecular complexity index is 1070. The highest BCUT2D eigenvalue weighted by Crippen LogP contribution is 2.35. The van der Waals surface area contributed by atoms with Gasteiger partial charge in [0.15, 0.2) is 5.17 Å². The summed E-state index contributed by atoms with van der Waals surface area (Å²) in [6, 6.07) is 10.8. The Kier molecular flexibility index (Phi) is 6.26. The number of hydrogen-bond donors (Lipinski definition) is 1. The molecule has 0 bridgehead atoms. The summed E-state index contributed by atoms with van der Waals surface area (Å²) in [5.74, 6) is -1.90. The molecule has 0 spiro atoms. The molecule has 0 aliphatic carbocycles. The van der Waals surface area contributed by atoms with Crippen LogP contribution in [0.3, 0.4) is 0 Å². The molecule has 29 heavy (non-hydrogen) atoms. The molecule has 3 rings (SSSR count). The zero-order valence-electron chi connectivity index (χ0n) is 14.9. The number of carbonyl (C=O) groups is 3. The van der Waals surface area contributed by atoms with E-state index < -0.39 is 17.8 Å². The van der Waals surface area contributed by atoms with Crippen molar-refractivity contribution in [3.05, 3.63) is 69.1 Å². The van der Waals surface area contributed by atoms with Crippen molar-refractivity contribution in [2.45, 2.75) is 0 Å². The Hall–Kier alpha value is -2.81. The van der Waals surface area contributed by atoms with Crippen LogP contribution in [0.4, 0.5) is 11.4 Å². The van der Waals surface area contributed by atoms with Crippen molar-refractivity contribution in [1.29, 1.82) is 0 Å². The van der Waals surface area contributed by atoms with Crippen molar-refractivity contribution in [2.24, 2.45) is 4.99 Å². The van der Waals surface area contributed by atoms with Crippen LogP contribution in [0.25, 0.3) is 0 Å². The minimum atomic E-state index is -0.702. The fourth-order valence-electron chi connectivity index (χ4n) is 2.38. The second-order valence-corrected chi connectivity index (χ2v) is 7.54. The summed E-state index contributed by atoms with van der Waals surface area (Å²) in [7, 11) is 1.20. The van der Waals surface area contributed by atoms with Gasteiger partial charge in [0, 0.05) is 16.8 Å². The van der Waals surface area contributed by atoms with Crippen LogP contribution in [0.2, 0.25) is 10.0 Å². The number of halogens is 2. The Morgan fingerprint density at radius 3 is 2.48 bits per heavy atom. The average molecular weight is 450 g/mol. The second kappa shape index (κ2) is 8.69. The summed E-state index contributed by atoms with van der Waals surface area (Å²) in [5.41, 5.74) is 6.75. The number of aliphatic imine (C=N–C) groups is 1. The van der Waals surface area contributed by atoms with Gasteiger partial charge in [0.25, 0.3) is 11.8 Å². The SMILES string of the molecule is COC(=O)C=C1SC(=NC(=O)c2ccc(Cl)cc2Cl)N(c2ccc(N)cc2)C1=O. The van der Waals surface area contributed by atoms with Gasteiger partial charge in [0.2, 0.25) is 0 Å². The zero-order chi connectivity index (χ0) is 21.1. The number of ether oxygens (including phenoxy) is 1. The number of anilines is 2. The van der Waals surface area contributed by atoms with Gasteiger partial charge in [-0.1, -0.05) is 23.2 Å². The number of thioether (sulfide) groups is 1. The second-order valence-electron chi connectivity index (χ2n) is 5.69. The molecule has 2 amide bonds. The van der Waals surface area contributed by atoms with Crippen LogP contribution in [-0.4, -0.2) is 30.1 Å². The average Bonchev–Trinajstić information content (AvgIpc) is 2.97. The highest BCUT2D eigenvalue weighted by molar-refractivity contribution is 8.19. The van der Waals surface area contributed by atoms with Crippen LogP contribution in [0.1, 0.15) is 10.4 Å². The van der Waals surface area contributed by atoms with Gasteiger partial charge in [-0.3, -0.25) is 14.5 Å². The number of esters is 1.